The number of hydrogen-bond donors (Lipinski definition) is 0. The minimum absolute atomic E-state index is 0.0690. The number of ether oxygens (including phenoxy) is 2. The summed E-state index contributed by atoms with van der Waals surface area (Å²) in [5, 5.41) is 0. The second kappa shape index (κ2) is 9.32. The summed E-state index contributed by atoms with van der Waals surface area (Å²) in [6, 6.07) is 8.99. The van der Waals surface area contributed by atoms with E-state index in [9.17, 15) is 14.4 Å². The molecule has 2 aromatic rings. The first-order valence-corrected chi connectivity index (χ1v) is 10.2. The molecule has 9 nitrogen and oxygen atoms in total. The Morgan fingerprint density at radius 3 is 2.55 bits per heavy atom. The van der Waals surface area contributed by atoms with Crippen molar-refractivity contribution in [2.45, 2.75) is 12.5 Å². The van der Waals surface area contributed by atoms with Crippen LogP contribution in [0, 0.1) is 0 Å². The van der Waals surface area contributed by atoms with E-state index in [-0.39, 0.29) is 18.1 Å². The molecule has 1 atom stereocenters. The van der Waals surface area contributed by atoms with Crippen LogP contribution in [0.4, 0.5) is 5.69 Å². The number of methoxy groups -OCH3 is 1. The molecule has 0 N–H and O–H groups in total. The summed E-state index contributed by atoms with van der Waals surface area (Å²) in [5.74, 6) is -0.397. The van der Waals surface area contributed by atoms with Gasteiger partial charge in [0.15, 0.2) is 5.76 Å². The van der Waals surface area contributed by atoms with Crippen LogP contribution in [0.3, 0.4) is 0 Å². The van der Waals surface area contributed by atoms with Crippen LogP contribution in [-0.2, 0) is 14.3 Å². The van der Waals surface area contributed by atoms with Gasteiger partial charge in [0, 0.05) is 26.2 Å². The first-order chi connectivity index (χ1) is 15.1. The van der Waals surface area contributed by atoms with E-state index in [4.69, 9.17) is 13.9 Å². The van der Waals surface area contributed by atoms with Gasteiger partial charge in [-0.15, -0.1) is 0 Å². The van der Waals surface area contributed by atoms with Crippen LogP contribution in [0.5, 0.6) is 5.75 Å². The molecule has 0 bridgehead atoms. The van der Waals surface area contributed by atoms with Crippen LogP contribution >= 0.6 is 0 Å². The molecular weight excluding hydrogens is 402 g/mol. The first-order valence-electron chi connectivity index (χ1n) is 10.2. The quantitative estimate of drug-likeness (QED) is 0.617. The van der Waals surface area contributed by atoms with Crippen LogP contribution in [0.2, 0.25) is 0 Å². The van der Waals surface area contributed by atoms with Crippen LogP contribution in [0.15, 0.2) is 47.1 Å². The van der Waals surface area contributed by atoms with E-state index in [0.29, 0.717) is 37.7 Å². The van der Waals surface area contributed by atoms with E-state index in [1.165, 1.54) is 11.2 Å². The molecule has 0 radical (unpaired) electrons. The molecule has 2 aliphatic heterocycles. The predicted octanol–water partition coefficient (Wildman–Crippen LogP) is 1.39. The standard InChI is InChI=1S/C22H25N3O6/c1-29-17-6-4-16(5-7-17)25-20(26)15-18(21(25)27)24(22(28)19-3-2-12-31-19)9-8-23-10-13-30-14-11-23/h2-7,12,18H,8-11,13-15H2,1H3. The molecule has 3 amide bonds. The highest BCUT2D eigenvalue weighted by atomic mass is 16.5. The van der Waals surface area contributed by atoms with Gasteiger partial charge in [-0.1, -0.05) is 0 Å². The number of amides is 3. The minimum Gasteiger partial charge on any atom is -0.497 e. The molecule has 4 rings (SSSR count). The number of rotatable bonds is 7. The minimum atomic E-state index is -0.881. The van der Waals surface area contributed by atoms with Crippen molar-refractivity contribution >= 4 is 23.4 Å². The van der Waals surface area contributed by atoms with Gasteiger partial charge < -0.3 is 18.8 Å². The Morgan fingerprint density at radius 1 is 1.16 bits per heavy atom. The molecule has 2 aliphatic rings. The number of carbonyl (C=O) groups excluding carboxylic acids is 3. The number of benzene rings is 1. The molecule has 0 saturated carbocycles. The summed E-state index contributed by atoms with van der Waals surface area (Å²) >= 11 is 0. The highest BCUT2D eigenvalue weighted by Crippen LogP contribution is 2.28. The van der Waals surface area contributed by atoms with Gasteiger partial charge in [0.2, 0.25) is 5.91 Å². The van der Waals surface area contributed by atoms with Crippen LogP contribution < -0.4 is 9.64 Å². The Kier molecular flexibility index (Phi) is 6.34. The summed E-state index contributed by atoms with van der Waals surface area (Å²) in [6.07, 6.45) is 1.35. The predicted molar refractivity (Wildman–Crippen MR) is 111 cm³/mol. The summed E-state index contributed by atoms with van der Waals surface area (Å²) < 4.78 is 15.8. The second-order valence-corrected chi connectivity index (χ2v) is 7.42. The van der Waals surface area contributed by atoms with Crippen molar-refractivity contribution < 1.29 is 28.3 Å². The van der Waals surface area contributed by atoms with Gasteiger partial charge in [-0.25, -0.2) is 4.90 Å². The molecule has 164 valence electrons. The van der Waals surface area contributed by atoms with Crippen molar-refractivity contribution in [3.63, 3.8) is 0 Å². The summed E-state index contributed by atoms with van der Waals surface area (Å²) in [6.45, 7) is 3.68. The van der Waals surface area contributed by atoms with Crippen LogP contribution in [-0.4, -0.2) is 80.1 Å². The fraction of sp³-hybridized carbons (Fsp3) is 0.409. The van der Waals surface area contributed by atoms with Crippen molar-refractivity contribution in [1.29, 1.82) is 0 Å². The Balaban J connectivity index is 1.55. The molecule has 1 unspecified atom stereocenters. The lowest BCUT2D eigenvalue weighted by Crippen LogP contribution is -2.49. The van der Waals surface area contributed by atoms with E-state index < -0.39 is 17.9 Å². The molecule has 0 spiro atoms. The van der Waals surface area contributed by atoms with Crippen molar-refractivity contribution in [3.8, 4) is 5.75 Å². The van der Waals surface area contributed by atoms with E-state index in [0.717, 1.165) is 18.0 Å². The lowest BCUT2D eigenvalue weighted by Gasteiger charge is -2.31. The third kappa shape index (κ3) is 4.47. The van der Waals surface area contributed by atoms with Gasteiger partial charge in [-0.2, -0.15) is 0 Å². The molecule has 0 aliphatic carbocycles. The monoisotopic (exact) mass is 427 g/mol. The number of anilines is 1. The molecule has 1 aromatic carbocycles. The number of nitrogens with zero attached hydrogens (tertiary/aromatic N) is 3. The number of carbonyl (C=O) groups is 3. The zero-order valence-corrected chi connectivity index (χ0v) is 17.4. The average molecular weight is 427 g/mol. The highest BCUT2D eigenvalue weighted by Gasteiger charge is 2.45. The van der Waals surface area contributed by atoms with Gasteiger partial charge in [-0.3, -0.25) is 19.3 Å². The van der Waals surface area contributed by atoms with Gasteiger partial charge in [0.05, 0.1) is 38.7 Å². The SMILES string of the molecule is COc1ccc(N2C(=O)CC(N(CCN3CCOCC3)C(=O)c3ccco3)C2=O)cc1. The highest BCUT2D eigenvalue weighted by molar-refractivity contribution is 6.23. The maximum absolute atomic E-state index is 13.3. The third-order valence-corrected chi connectivity index (χ3v) is 5.58. The lowest BCUT2D eigenvalue weighted by molar-refractivity contribution is -0.122. The van der Waals surface area contributed by atoms with Gasteiger partial charge in [-0.05, 0) is 36.4 Å². The molecule has 9 heteroatoms. The van der Waals surface area contributed by atoms with Crippen molar-refractivity contribution in [1.82, 2.24) is 9.80 Å². The van der Waals surface area contributed by atoms with Crippen molar-refractivity contribution in [2.24, 2.45) is 0 Å². The Hall–Kier alpha value is -3.17. The zero-order chi connectivity index (χ0) is 21.8. The Morgan fingerprint density at radius 2 is 1.90 bits per heavy atom. The number of hydrogen-bond acceptors (Lipinski definition) is 7. The number of morpholine rings is 1. The fourth-order valence-corrected chi connectivity index (χ4v) is 3.88. The Bertz CT molecular complexity index is 921. The number of furan rings is 1. The summed E-state index contributed by atoms with van der Waals surface area (Å²) in [4.78, 5) is 43.9. The van der Waals surface area contributed by atoms with Crippen molar-refractivity contribution in [3.05, 3.63) is 48.4 Å². The lowest BCUT2D eigenvalue weighted by atomic mass is 10.2. The normalized spacial score (nSPS) is 19.6. The molecule has 31 heavy (non-hydrogen) atoms. The van der Waals surface area contributed by atoms with Crippen LogP contribution in [0.1, 0.15) is 17.0 Å². The maximum atomic E-state index is 13.3. The fourth-order valence-electron chi connectivity index (χ4n) is 3.88. The molecule has 3 heterocycles. The van der Waals surface area contributed by atoms with E-state index >= 15 is 0 Å². The summed E-state index contributed by atoms with van der Waals surface area (Å²) in [5.41, 5.74) is 0.455. The topological polar surface area (TPSA) is 92.5 Å². The Labute approximate surface area is 180 Å². The molecule has 1 aromatic heterocycles. The second-order valence-electron chi connectivity index (χ2n) is 7.42. The van der Waals surface area contributed by atoms with Crippen molar-refractivity contribution in [2.75, 3.05) is 51.4 Å². The summed E-state index contributed by atoms with van der Waals surface area (Å²) in [7, 11) is 1.55. The largest absolute Gasteiger partial charge is 0.497 e. The van der Waals surface area contributed by atoms with E-state index in [1.807, 2.05) is 0 Å². The molecule has 2 saturated heterocycles. The average Bonchev–Trinajstić information content (AvgIpc) is 3.43. The third-order valence-electron chi connectivity index (χ3n) is 5.58. The maximum Gasteiger partial charge on any atom is 0.290 e. The molecular formula is C22H25N3O6. The first kappa shape index (κ1) is 21.1. The zero-order valence-electron chi connectivity index (χ0n) is 17.4. The van der Waals surface area contributed by atoms with Gasteiger partial charge >= 0.3 is 0 Å². The van der Waals surface area contributed by atoms with Gasteiger partial charge in [0.1, 0.15) is 11.8 Å². The van der Waals surface area contributed by atoms with E-state index in [2.05, 4.69) is 4.90 Å². The number of imide groups is 1. The van der Waals surface area contributed by atoms with Crippen LogP contribution in [0.25, 0.3) is 0 Å². The smallest absolute Gasteiger partial charge is 0.290 e. The molecule has 2 fully saturated rings. The van der Waals surface area contributed by atoms with Gasteiger partial charge in [0.25, 0.3) is 11.8 Å². The van der Waals surface area contributed by atoms with E-state index in [1.54, 1.807) is 43.5 Å².